The van der Waals surface area contributed by atoms with Crippen LogP contribution in [0.4, 0.5) is 4.39 Å². The number of halogens is 2. The molecule has 4 nitrogen and oxygen atoms in total. The van der Waals surface area contributed by atoms with Crippen LogP contribution in [0.2, 0.25) is 5.02 Å². The summed E-state index contributed by atoms with van der Waals surface area (Å²) in [6.07, 6.45) is 2.68. The number of esters is 1. The van der Waals surface area contributed by atoms with Crippen LogP contribution < -0.4 is 4.74 Å². The van der Waals surface area contributed by atoms with Crippen LogP contribution in [0.1, 0.15) is 28.4 Å². The average molecular weight is 363 g/mol. The average Bonchev–Trinajstić information content (AvgIpc) is 2.60. The third kappa shape index (κ3) is 5.16. The van der Waals surface area contributed by atoms with E-state index in [1.165, 1.54) is 44.4 Å². The lowest BCUT2D eigenvalue weighted by atomic mass is 10.1. The Morgan fingerprint density at radius 2 is 1.96 bits per heavy atom. The first kappa shape index (κ1) is 18.7. The fourth-order valence-corrected chi connectivity index (χ4v) is 2.28. The van der Waals surface area contributed by atoms with Gasteiger partial charge in [-0.2, -0.15) is 0 Å². The third-order valence-corrected chi connectivity index (χ3v) is 3.70. The number of benzene rings is 2. The van der Waals surface area contributed by atoms with Gasteiger partial charge in [-0.25, -0.2) is 9.18 Å². The molecular formula is C19H16ClFO4. The molecule has 0 radical (unpaired) electrons. The largest absolute Gasteiger partial charge is 0.496 e. The van der Waals surface area contributed by atoms with Crippen LogP contribution >= 0.6 is 11.6 Å². The zero-order chi connectivity index (χ0) is 18.4. The van der Waals surface area contributed by atoms with Crippen LogP contribution in [0, 0.1) is 5.82 Å². The quantitative estimate of drug-likeness (QED) is 0.433. The minimum absolute atomic E-state index is 0.0266. The van der Waals surface area contributed by atoms with Crippen molar-refractivity contribution in [1.29, 1.82) is 0 Å². The van der Waals surface area contributed by atoms with Gasteiger partial charge in [0, 0.05) is 17.2 Å². The number of hydrogen-bond donors (Lipinski definition) is 0. The molecule has 0 fully saturated rings. The summed E-state index contributed by atoms with van der Waals surface area (Å²) in [5.41, 5.74) is 1.66. The number of carbonyl (C=O) groups excluding carboxylic acids is 2. The second kappa shape index (κ2) is 8.44. The molecule has 6 heteroatoms. The fraction of sp³-hybridized carbons (Fsp3) is 0.158. The maximum atomic E-state index is 13.1. The monoisotopic (exact) mass is 362 g/mol. The van der Waals surface area contributed by atoms with Crippen molar-refractivity contribution in [3.63, 3.8) is 0 Å². The summed E-state index contributed by atoms with van der Waals surface area (Å²) in [5, 5.41) is -0.0266. The fourth-order valence-electron chi connectivity index (χ4n) is 2.09. The van der Waals surface area contributed by atoms with Crippen molar-refractivity contribution in [3.8, 4) is 5.75 Å². The third-order valence-electron chi connectivity index (χ3n) is 3.41. The summed E-state index contributed by atoms with van der Waals surface area (Å²) >= 11 is 5.68. The van der Waals surface area contributed by atoms with Gasteiger partial charge in [0.2, 0.25) is 0 Å². The van der Waals surface area contributed by atoms with Crippen molar-refractivity contribution in [3.05, 3.63) is 70.0 Å². The molecule has 0 spiro atoms. The van der Waals surface area contributed by atoms with Gasteiger partial charge in [-0.05, 0) is 48.9 Å². The standard InChI is InChI=1S/C19H16ClFO4/c1-12(22)14-5-7-18(24-2)15(10-14)11-25-19(23)8-4-13-3-6-17(21)16(20)9-13/h3-10H,11H2,1-2H3/b8-4+. The zero-order valence-corrected chi connectivity index (χ0v) is 14.5. The van der Waals surface area contributed by atoms with Crippen molar-refractivity contribution in [2.24, 2.45) is 0 Å². The maximum Gasteiger partial charge on any atom is 0.331 e. The van der Waals surface area contributed by atoms with Crippen LogP contribution in [-0.2, 0) is 16.1 Å². The highest BCUT2D eigenvalue weighted by atomic mass is 35.5. The molecule has 25 heavy (non-hydrogen) atoms. The summed E-state index contributed by atoms with van der Waals surface area (Å²) in [6, 6.07) is 9.02. The Balaban J connectivity index is 2.04. The normalized spacial score (nSPS) is 10.7. The number of hydrogen-bond acceptors (Lipinski definition) is 4. The van der Waals surface area contributed by atoms with Gasteiger partial charge in [-0.1, -0.05) is 17.7 Å². The Morgan fingerprint density at radius 3 is 2.60 bits per heavy atom. The molecule has 0 heterocycles. The summed E-state index contributed by atoms with van der Waals surface area (Å²) in [4.78, 5) is 23.3. The number of Topliss-reactive ketones (excluding diaryl/α,β-unsaturated/α-hetero) is 1. The van der Waals surface area contributed by atoms with Crippen molar-refractivity contribution < 1.29 is 23.5 Å². The first-order valence-electron chi connectivity index (χ1n) is 7.38. The van der Waals surface area contributed by atoms with Crippen LogP contribution in [-0.4, -0.2) is 18.9 Å². The van der Waals surface area contributed by atoms with Gasteiger partial charge >= 0.3 is 5.97 Å². The van der Waals surface area contributed by atoms with Crippen molar-refractivity contribution >= 4 is 29.4 Å². The molecule has 0 aliphatic carbocycles. The minimum Gasteiger partial charge on any atom is -0.496 e. The number of ketones is 1. The van der Waals surface area contributed by atoms with Gasteiger partial charge < -0.3 is 9.47 Å². The zero-order valence-electron chi connectivity index (χ0n) is 13.7. The van der Waals surface area contributed by atoms with Crippen molar-refractivity contribution in [2.45, 2.75) is 13.5 Å². The van der Waals surface area contributed by atoms with Gasteiger partial charge in [0.25, 0.3) is 0 Å². The first-order chi connectivity index (χ1) is 11.9. The highest BCUT2D eigenvalue weighted by molar-refractivity contribution is 6.30. The Hall–Kier alpha value is -2.66. The minimum atomic E-state index is -0.587. The molecule has 0 aliphatic heterocycles. The van der Waals surface area contributed by atoms with E-state index < -0.39 is 11.8 Å². The Bertz CT molecular complexity index is 830. The second-order valence-corrected chi connectivity index (χ2v) is 5.60. The van der Waals surface area contributed by atoms with Gasteiger partial charge in [0.1, 0.15) is 18.2 Å². The second-order valence-electron chi connectivity index (χ2n) is 5.20. The van der Waals surface area contributed by atoms with E-state index in [9.17, 15) is 14.0 Å². The van der Waals surface area contributed by atoms with E-state index in [0.29, 0.717) is 22.4 Å². The molecule has 130 valence electrons. The molecule has 0 amide bonds. The molecule has 0 unspecified atom stereocenters. The lowest BCUT2D eigenvalue weighted by Gasteiger charge is -2.09. The summed E-state index contributed by atoms with van der Waals surface area (Å²) in [7, 11) is 1.49. The maximum absolute atomic E-state index is 13.1. The predicted octanol–water partition coefficient (Wildman–Crippen LogP) is 4.45. The Morgan fingerprint density at radius 1 is 1.20 bits per heavy atom. The van der Waals surface area contributed by atoms with Gasteiger partial charge in [0.15, 0.2) is 5.78 Å². The Labute approximate surface area is 149 Å². The Kier molecular flexibility index (Phi) is 6.31. The lowest BCUT2D eigenvalue weighted by Crippen LogP contribution is -2.04. The lowest BCUT2D eigenvalue weighted by molar-refractivity contribution is -0.138. The summed E-state index contributed by atoms with van der Waals surface area (Å²) in [6.45, 7) is 1.41. The van der Waals surface area contributed by atoms with E-state index in [1.807, 2.05) is 0 Å². The van der Waals surface area contributed by atoms with E-state index in [0.717, 1.165) is 0 Å². The van der Waals surface area contributed by atoms with E-state index in [2.05, 4.69) is 0 Å². The smallest absolute Gasteiger partial charge is 0.331 e. The molecule has 0 bridgehead atoms. The number of methoxy groups -OCH3 is 1. The molecule has 0 saturated heterocycles. The topological polar surface area (TPSA) is 52.6 Å². The molecular weight excluding hydrogens is 347 g/mol. The van der Waals surface area contributed by atoms with Gasteiger partial charge in [0.05, 0.1) is 12.1 Å². The number of carbonyl (C=O) groups is 2. The first-order valence-corrected chi connectivity index (χ1v) is 7.76. The molecule has 0 aliphatic rings. The van der Waals surface area contributed by atoms with Crippen LogP contribution in [0.5, 0.6) is 5.75 Å². The molecule has 0 aromatic heterocycles. The highest BCUT2D eigenvalue weighted by Gasteiger charge is 2.09. The molecule has 0 N–H and O–H groups in total. The molecule has 2 aromatic rings. The van der Waals surface area contributed by atoms with E-state index in [-0.39, 0.29) is 17.4 Å². The molecule has 0 atom stereocenters. The molecule has 2 rings (SSSR count). The van der Waals surface area contributed by atoms with E-state index >= 15 is 0 Å². The predicted molar refractivity (Wildman–Crippen MR) is 93.2 cm³/mol. The van der Waals surface area contributed by atoms with Crippen molar-refractivity contribution in [1.82, 2.24) is 0 Å². The molecule has 2 aromatic carbocycles. The van der Waals surface area contributed by atoms with Crippen LogP contribution in [0.3, 0.4) is 0 Å². The highest BCUT2D eigenvalue weighted by Crippen LogP contribution is 2.21. The van der Waals surface area contributed by atoms with Gasteiger partial charge in [-0.15, -0.1) is 0 Å². The van der Waals surface area contributed by atoms with Crippen LogP contribution in [0.15, 0.2) is 42.5 Å². The van der Waals surface area contributed by atoms with E-state index in [1.54, 1.807) is 18.2 Å². The molecule has 0 saturated carbocycles. The van der Waals surface area contributed by atoms with Gasteiger partial charge in [-0.3, -0.25) is 4.79 Å². The van der Waals surface area contributed by atoms with Crippen molar-refractivity contribution in [2.75, 3.05) is 7.11 Å². The number of rotatable bonds is 6. The summed E-state index contributed by atoms with van der Waals surface area (Å²) in [5.74, 6) is -0.690. The number of ether oxygens (including phenoxy) is 2. The summed E-state index contributed by atoms with van der Waals surface area (Å²) < 4.78 is 23.4. The van der Waals surface area contributed by atoms with Crippen LogP contribution in [0.25, 0.3) is 6.08 Å². The SMILES string of the molecule is COc1ccc(C(C)=O)cc1COC(=O)/C=C/c1ccc(F)c(Cl)c1. The van der Waals surface area contributed by atoms with E-state index in [4.69, 9.17) is 21.1 Å².